The molecule has 0 aromatic heterocycles. The Morgan fingerprint density at radius 3 is 2.55 bits per heavy atom. The number of nitro benzene ring substituents is 1. The van der Waals surface area contributed by atoms with E-state index in [1.165, 1.54) is 6.07 Å². The minimum absolute atomic E-state index is 0.0805. The zero-order valence-electron chi connectivity index (χ0n) is 11.2. The van der Waals surface area contributed by atoms with Gasteiger partial charge in [0.15, 0.2) is 0 Å². The standard InChI is InChI=1S/C13H16BrN3O3/c1-2-15-5-7-16(8-6-15)13(18)10-3-4-11(14)12(9-10)17(19)20/h3-4,9H,2,5-8H2,1H3. The molecule has 0 aliphatic carbocycles. The predicted molar refractivity (Wildman–Crippen MR) is 78.8 cm³/mol. The first-order valence-electron chi connectivity index (χ1n) is 6.48. The van der Waals surface area contributed by atoms with Crippen molar-refractivity contribution in [1.29, 1.82) is 0 Å². The van der Waals surface area contributed by atoms with Gasteiger partial charge in [-0.05, 0) is 34.6 Å². The van der Waals surface area contributed by atoms with Crippen molar-refractivity contribution in [1.82, 2.24) is 9.80 Å². The highest BCUT2D eigenvalue weighted by Gasteiger charge is 2.23. The van der Waals surface area contributed by atoms with Crippen LogP contribution < -0.4 is 0 Å². The number of carbonyl (C=O) groups is 1. The summed E-state index contributed by atoms with van der Waals surface area (Å²) in [6.45, 7) is 6.09. The van der Waals surface area contributed by atoms with Crippen LogP contribution in [0.25, 0.3) is 0 Å². The van der Waals surface area contributed by atoms with E-state index in [2.05, 4.69) is 27.8 Å². The predicted octanol–water partition coefficient (Wildman–Crippen LogP) is 2.13. The first-order valence-corrected chi connectivity index (χ1v) is 7.27. The van der Waals surface area contributed by atoms with Gasteiger partial charge in [0, 0.05) is 37.8 Å². The van der Waals surface area contributed by atoms with E-state index in [9.17, 15) is 14.9 Å². The fraction of sp³-hybridized carbons (Fsp3) is 0.462. The highest BCUT2D eigenvalue weighted by molar-refractivity contribution is 9.10. The second-order valence-electron chi connectivity index (χ2n) is 4.65. The summed E-state index contributed by atoms with van der Waals surface area (Å²) in [6.07, 6.45) is 0. The van der Waals surface area contributed by atoms with Gasteiger partial charge >= 0.3 is 0 Å². The Balaban J connectivity index is 2.14. The number of piperazine rings is 1. The van der Waals surface area contributed by atoms with E-state index in [0.29, 0.717) is 23.1 Å². The normalized spacial score (nSPS) is 16.2. The molecule has 108 valence electrons. The lowest BCUT2D eigenvalue weighted by Gasteiger charge is -2.34. The van der Waals surface area contributed by atoms with Crippen molar-refractivity contribution in [3.05, 3.63) is 38.3 Å². The van der Waals surface area contributed by atoms with Crippen LogP contribution in [0.15, 0.2) is 22.7 Å². The summed E-state index contributed by atoms with van der Waals surface area (Å²) in [4.78, 5) is 26.8. The second-order valence-corrected chi connectivity index (χ2v) is 5.50. The molecule has 1 heterocycles. The van der Waals surface area contributed by atoms with Crippen LogP contribution in [0.2, 0.25) is 0 Å². The van der Waals surface area contributed by atoms with Gasteiger partial charge in [0.2, 0.25) is 0 Å². The first-order chi connectivity index (χ1) is 9.52. The Morgan fingerprint density at radius 1 is 1.35 bits per heavy atom. The van der Waals surface area contributed by atoms with E-state index in [1.54, 1.807) is 17.0 Å². The molecule has 0 bridgehead atoms. The minimum Gasteiger partial charge on any atom is -0.336 e. The number of rotatable bonds is 3. The topological polar surface area (TPSA) is 66.7 Å². The average Bonchev–Trinajstić information content (AvgIpc) is 2.47. The maximum Gasteiger partial charge on any atom is 0.284 e. The molecule has 1 fully saturated rings. The summed E-state index contributed by atoms with van der Waals surface area (Å²) in [7, 11) is 0. The Kier molecular flexibility index (Phi) is 4.72. The van der Waals surface area contributed by atoms with Gasteiger partial charge in [-0.25, -0.2) is 0 Å². The third-order valence-corrected chi connectivity index (χ3v) is 4.17. The minimum atomic E-state index is -0.490. The summed E-state index contributed by atoms with van der Waals surface area (Å²) in [5.74, 6) is -0.142. The zero-order chi connectivity index (χ0) is 14.7. The monoisotopic (exact) mass is 341 g/mol. The Morgan fingerprint density at radius 2 is 2.00 bits per heavy atom. The van der Waals surface area contributed by atoms with Crippen LogP contribution in [0.1, 0.15) is 17.3 Å². The van der Waals surface area contributed by atoms with Crippen LogP contribution in [0, 0.1) is 10.1 Å². The molecule has 1 aliphatic rings. The van der Waals surface area contributed by atoms with Crippen LogP contribution in [0.5, 0.6) is 0 Å². The number of likely N-dealkylation sites (N-methyl/N-ethyl adjacent to an activating group) is 1. The summed E-state index contributed by atoms with van der Waals surface area (Å²) in [5, 5.41) is 10.9. The molecule has 0 unspecified atom stereocenters. The Hall–Kier alpha value is -1.47. The average molecular weight is 342 g/mol. The summed E-state index contributed by atoms with van der Waals surface area (Å²) in [5.41, 5.74) is 0.285. The maximum atomic E-state index is 12.4. The highest BCUT2D eigenvalue weighted by Crippen LogP contribution is 2.26. The first kappa shape index (κ1) is 14.9. The molecule has 1 aliphatic heterocycles. The lowest BCUT2D eigenvalue weighted by Crippen LogP contribution is -2.48. The number of amides is 1. The molecule has 0 atom stereocenters. The lowest BCUT2D eigenvalue weighted by atomic mass is 10.1. The van der Waals surface area contributed by atoms with E-state index < -0.39 is 4.92 Å². The molecule has 1 amide bonds. The second kappa shape index (κ2) is 6.32. The van der Waals surface area contributed by atoms with Crippen LogP contribution in [-0.4, -0.2) is 53.4 Å². The fourth-order valence-corrected chi connectivity index (χ4v) is 2.63. The maximum absolute atomic E-state index is 12.4. The number of benzene rings is 1. The van der Waals surface area contributed by atoms with Crippen molar-refractivity contribution >= 4 is 27.5 Å². The number of carbonyl (C=O) groups excluding carboxylic acids is 1. The van der Waals surface area contributed by atoms with Crippen molar-refractivity contribution in [2.24, 2.45) is 0 Å². The Labute approximate surface area is 125 Å². The molecule has 0 radical (unpaired) electrons. The van der Waals surface area contributed by atoms with E-state index in [0.717, 1.165) is 19.6 Å². The third kappa shape index (κ3) is 3.16. The van der Waals surface area contributed by atoms with Crippen LogP contribution in [0.3, 0.4) is 0 Å². The van der Waals surface area contributed by atoms with E-state index >= 15 is 0 Å². The van der Waals surface area contributed by atoms with Crippen molar-refractivity contribution < 1.29 is 9.72 Å². The highest BCUT2D eigenvalue weighted by atomic mass is 79.9. The molecule has 1 aromatic carbocycles. The van der Waals surface area contributed by atoms with Gasteiger partial charge < -0.3 is 9.80 Å². The molecule has 0 N–H and O–H groups in total. The van der Waals surface area contributed by atoms with E-state index in [-0.39, 0.29) is 11.6 Å². The molecule has 1 aromatic rings. The largest absolute Gasteiger partial charge is 0.336 e. The van der Waals surface area contributed by atoms with Crippen LogP contribution >= 0.6 is 15.9 Å². The lowest BCUT2D eigenvalue weighted by molar-refractivity contribution is -0.385. The molecular weight excluding hydrogens is 326 g/mol. The van der Waals surface area contributed by atoms with Gasteiger partial charge in [0.1, 0.15) is 0 Å². The molecule has 2 rings (SSSR count). The number of halogens is 1. The van der Waals surface area contributed by atoms with Gasteiger partial charge in [-0.1, -0.05) is 6.92 Å². The van der Waals surface area contributed by atoms with E-state index in [4.69, 9.17) is 0 Å². The molecular formula is C13H16BrN3O3. The van der Waals surface area contributed by atoms with Crippen LogP contribution in [-0.2, 0) is 0 Å². The number of nitro groups is 1. The van der Waals surface area contributed by atoms with Gasteiger partial charge in [0.05, 0.1) is 9.40 Å². The van der Waals surface area contributed by atoms with Crippen molar-refractivity contribution in [3.63, 3.8) is 0 Å². The summed E-state index contributed by atoms with van der Waals surface area (Å²) < 4.78 is 0.384. The van der Waals surface area contributed by atoms with Gasteiger partial charge in [-0.15, -0.1) is 0 Å². The number of hydrogen-bond acceptors (Lipinski definition) is 4. The molecule has 20 heavy (non-hydrogen) atoms. The van der Waals surface area contributed by atoms with Gasteiger partial charge in [0.25, 0.3) is 11.6 Å². The number of nitrogens with zero attached hydrogens (tertiary/aromatic N) is 3. The summed E-state index contributed by atoms with van der Waals surface area (Å²) in [6, 6.07) is 4.50. The quantitative estimate of drug-likeness (QED) is 0.624. The van der Waals surface area contributed by atoms with Crippen molar-refractivity contribution in [3.8, 4) is 0 Å². The Bertz CT molecular complexity index is 528. The molecule has 6 nitrogen and oxygen atoms in total. The third-order valence-electron chi connectivity index (χ3n) is 3.50. The molecule has 0 saturated carbocycles. The van der Waals surface area contributed by atoms with Gasteiger partial charge in [-0.2, -0.15) is 0 Å². The molecule has 1 saturated heterocycles. The van der Waals surface area contributed by atoms with Crippen molar-refractivity contribution in [2.75, 3.05) is 32.7 Å². The van der Waals surface area contributed by atoms with E-state index in [1.807, 2.05) is 0 Å². The fourth-order valence-electron chi connectivity index (χ4n) is 2.24. The van der Waals surface area contributed by atoms with Crippen LogP contribution in [0.4, 0.5) is 5.69 Å². The number of hydrogen-bond donors (Lipinski definition) is 0. The zero-order valence-corrected chi connectivity index (χ0v) is 12.8. The molecule has 0 spiro atoms. The summed E-state index contributed by atoms with van der Waals surface area (Å²) >= 11 is 3.12. The van der Waals surface area contributed by atoms with Gasteiger partial charge in [-0.3, -0.25) is 14.9 Å². The van der Waals surface area contributed by atoms with Crippen molar-refractivity contribution in [2.45, 2.75) is 6.92 Å². The smallest absolute Gasteiger partial charge is 0.284 e. The SMILES string of the molecule is CCN1CCN(C(=O)c2ccc(Br)c([N+](=O)[O-])c2)CC1. The molecule has 7 heteroatoms.